The first-order valence-corrected chi connectivity index (χ1v) is 11.5. The van der Waals surface area contributed by atoms with Crippen molar-refractivity contribution in [2.75, 3.05) is 13.6 Å². The van der Waals surface area contributed by atoms with E-state index in [1.165, 1.54) is 55.6 Å². The number of nitrogens with zero attached hydrogens (tertiary/aromatic N) is 4. The number of hydroxylamine groups is 2. The Kier molecular flexibility index (Phi) is 9.14. The molecule has 214 valence electrons. The maximum absolute atomic E-state index is 13.5. The maximum Gasteiger partial charge on any atom is 0.438 e. The van der Waals surface area contributed by atoms with Gasteiger partial charge in [0, 0.05) is 17.8 Å². The number of rotatable bonds is 10. The predicted molar refractivity (Wildman–Crippen MR) is 132 cm³/mol. The van der Waals surface area contributed by atoms with Crippen LogP contribution in [0.15, 0.2) is 60.1 Å². The zero-order chi connectivity index (χ0) is 30.0. The van der Waals surface area contributed by atoms with Crippen LogP contribution in [0.1, 0.15) is 29.7 Å². The van der Waals surface area contributed by atoms with Crippen LogP contribution in [0.2, 0.25) is 5.02 Å². The summed E-state index contributed by atoms with van der Waals surface area (Å²) in [5.41, 5.74) is 4.86. The lowest BCUT2D eigenvalue weighted by molar-refractivity contribution is -0.370. The first-order valence-electron chi connectivity index (χ1n) is 11.1. The van der Waals surface area contributed by atoms with Crippen LogP contribution in [0.4, 0.5) is 26.3 Å². The summed E-state index contributed by atoms with van der Waals surface area (Å²) in [6, 6.07) is 8.68. The fourth-order valence-electron chi connectivity index (χ4n) is 3.44. The lowest BCUT2D eigenvalue weighted by Crippen LogP contribution is -2.45. The third-order valence-electron chi connectivity index (χ3n) is 5.32. The van der Waals surface area contributed by atoms with Gasteiger partial charge in [0.15, 0.2) is 0 Å². The first-order chi connectivity index (χ1) is 18.5. The fraction of sp³-hybridized carbons (Fsp3) is 0.250. The van der Waals surface area contributed by atoms with Gasteiger partial charge >= 0.3 is 12.4 Å². The number of hydrazine groups is 2. The van der Waals surface area contributed by atoms with Crippen LogP contribution in [-0.4, -0.2) is 47.0 Å². The van der Waals surface area contributed by atoms with Crippen molar-refractivity contribution < 1.29 is 36.0 Å². The van der Waals surface area contributed by atoms with Crippen LogP contribution in [0.3, 0.4) is 0 Å². The van der Waals surface area contributed by atoms with Gasteiger partial charge < -0.3 is 15.9 Å². The molecule has 1 aliphatic rings. The second-order valence-electron chi connectivity index (χ2n) is 8.52. The third kappa shape index (κ3) is 7.72. The molecular weight excluding hydrogens is 568 g/mol. The Balaban J connectivity index is 1.62. The summed E-state index contributed by atoms with van der Waals surface area (Å²) >= 11 is 5.87. The maximum atomic E-state index is 13.5. The van der Waals surface area contributed by atoms with E-state index in [9.17, 15) is 26.3 Å². The van der Waals surface area contributed by atoms with Gasteiger partial charge in [-0.25, -0.2) is 5.84 Å². The van der Waals surface area contributed by atoms with Gasteiger partial charge in [-0.2, -0.15) is 46.6 Å². The van der Waals surface area contributed by atoms with Crippen molar-refractivity contribution in [3.8, 4) is 11.8 Å². The molecule has 0 spiro atoms. The SMILES string of the molecule is C/C(=C\C(=N)CN(C)ON(N)N1C(Oc2cc(Cl)cc(C#N)c2)=C1C(F)(F)F)c1ccc(C(N)C(F)(F)F)cc1. The first kappa shape index (κ1) is 30.9. The number of nitriles is 1. The molecular formula is C24H22ClF6N7O2. The van der Waals surface area contributed by atoms with E-state index in [1.807, 2.05) is 0 Å². The molecule has 1 aliphatic heterocycles. The topological polar surface area (TPSA) is 128 Å². The molecule has 9 nitrogen and oxygen atoms in total. The highest BCUT2D eigenvalue weighted by molar-refractivity contribution is 6.30. The molecule has 0 amide bonds. The molecule has 5 N–H and O–H groups in total. The van der Waals surface area contributed by atoms with E-state index in [0.29, 0.717) is 16.1 Å². The molecule has 1 heterocycles. The summed E-state index contributed by atoms with van der Waals surface area (Å²) < 4.78 is 84.1. The molecule has 16 heteroatoms. The Morgan fingerprint density at radius 3 is 2.35 bits per heavy atom. The molecule has 1 unspecified atom stereocenters. The van der Waals surface area contributed by atoms with E-state index >= 15 is 0 Å². The Labute approximate surface area is 229 Å². The fourth-order valence-corrected chi connectivity index (χ4v) is 3.67. The van der Waals surface area contributed by atoms with Crippen molar-refractivity contribution in [2.45, 2.75) is 25.3 Å². The Bertz CT molecular complexity index is 1370. The molecule has 0 bridgehead atoms. The predicted octanol–water partition coefficient (Wildman–Crippen LogP) is 5.19. The summed E-state index contributed by atoms with van der Waals surface area (Å²) in [5.74, 6) is 4.80. The van der Waals surface area contributed by atoms with Crippen LogP contribution in [-0.2, 0) is 4.94 Å². The molecule has 0 radical (unpaired) electrons. The summed E-state index contributed by atoms with van der Waals surface area (Å²) in [7, 11) is 1.30. The second-order valence-corrected chi connectivity index (χ2v) is 8.95. The minimum atomic E-state index is -4.86. The van der Waals surface area contributed by atoms with Gasteiger partial charge in [0.05, 0.1) is 18.2 Å². The van der Waals surface area contributed by atoms with Crippen LogP contribution in [0.5, 0.6) is 5.75 Å². The third-order valence-corrected chi connectivity index (χ3v) is 5.54. The minimum absolute atomic E-state index is 0.0568. The van der Waals surface area contributed by atoms with Gasteiger partial charge in [-0.05, 0) is 53.2 Å². The van der Waals surface area contributed by atoms with Crippen molar-refractivity contribution >= 4 is 22.9 Å². The standard InChI is InChI=1S/C24H22ClF6N7O2/c1-13(15-3-5-16(6-4-15)20(34)23(26,27)28)7-18(33)12-36(2)40-38(35)37-21(24(29,30)31)22(37)39-19-9-14(11-32)8-17(25)10-19/h3-10,20,33H,12,34-35H2,1-2H3/b13-7+,33-18?. The highest BCUT2D eigenvalue weighted by Crippen LogP contribution is 2.45. The lowest BCUT2D eigenvalue weighted by atomic mass is 10.0. The van der Waals surface area contributed by atoms with Gasteiger partial charge in [0.1, 0.15) is 11.8 Å². The Morgan fingerprint density at radius 2 is 1.80 bits per heavy atom. The molecule has 0 aliphatic carbocycles. The summed E-state index contributed by atoms with van der Waals surface area (Å²) in [5, 5.41) is 18.8. The van der Waals surface area contributed by atoms with Gasteiger partial charge in [-0.3, -0.25) is 0 Å². The average molecular weight is 590 g/mol. The number of benzene rings is 2. The van der Waals surface area contributed by atoms with Crippen molar-refractivity contribution in [1.29, 1.82) is 10.7 Å². The smallest absolute Gasteiger partial charge is 0.437 e. The second kappa shape index (κ2) is 11.8. The summed E-state index contributed by atoms with van der Waals surface area (Å²) in [6.07, 6.45) is -8.05. The van der Waals surface area contributed by atoms with E-state index in [1.54, 1.807) is 13.0 Å². The van der Waals surface area contributed by atoms with Crippen LogP contribution in [0, 0.1) is 16.7 Å². The van der Waals surface area contributed by atoms with E-state index in [0.717, 1.165) is 5.06 Å². The molecule has 0 saturated carbocycles. The highest BCUT2D eigenvalue weighted by Gasteiger charge is 2.57. The molecule has 1 atom stereocenters. The van der Waals surface area contributed by atoms with Gasteiger partial charge in [-0.1, -0.05) is 35.9 Å². The number of alkyl halides is 6. The molecule has 0 saturated heterocycles. The number of halogens is 7. The Hall–Kier alpha value is -3.65. The van der Waals surface area contributed by atoms with Crippen LogP contribution < -0.4 is 16.3 Å². The van der Waals surface area contributed by atoms with E-state index < -0.39 is 30.0 Å². The van der Waals surface area contributed by atoms with Crippen molar-refractivity contribution in [3.05, 3.63) is 81.8 Å². The Morgan fingerprint density at radius 1 is 1.18 bits per heavy atom. The summed E-state index contributed by atoms with van der Waals surface area (Å²) in [4.78, 5) is 5.15. The van der Waals surface area contributed by atoms with E-state index in [4.69, 9.17) is 43.5 Å². The number of nitrogens with two attached hydrogens (primary N) is 2. The normalized spacial score (nSPS) is 15.0. The van der Waals surface area contributed by atoms with Crippen molar-refractivity contribution in [2.24, 2.45) is 11.6 Å². The molecule has 2 aromatic carbocycles. The lowest BCUT2D eigenvalue weighted by Gasteiger charge is -2.24. The van der Waals surface area contributed by atoms with Crippen molar-refractivity contribution in [3.63, 3.8) is 0 Å². The molecule has 0 fully saturated rings. The number of nitrogens with one attached hydrogen (secondary N) is 1. The molecule has 2 aromatic rings. The highest BCUT2D eigenvalue weighted by atomic mass is 35.5. The van der Waals surface area contributed by atoms with Gasteiger partial charge in [-0.15, -0.1) is 0 Å². The number of hydrogen-bond donors (Lipinski definition) is 3. The van der Waals surface area contributed by atoms with Crippen LogP contribution >= 0.6 is 11.6 Å². The largest absolute Gasteiger partial charge is 0.438 e. The quantitative estimate of drug-likeness (QED) is 0.149. The minimum Gasteiger partial charge on any atom is -0.437 e. The molecule has 0 aromatic heterocycles. The summed E-state index contributed by atoms with van der Waals surface area (Å²) in [6.45, 7) is 1.38. The number of ether oxygens (including phenoxy) is 1. The molecule has 40 heavy (non-hydrogen) atoms. The van der Waals surface area contributed by atoms with Gasteiger partial charge in [0.25, 0.3) is 0 Å². The van der Waals surface area contributed by atoms with E-state index in [-0.39, 0.29) is 39.4 Å². The number of allylic oxidation sites excluding steroid dienone is 2. The van der Waals surface area contributed by atoms with Crippen LogP contribution in [0.25, 0.3) is 5.57 Å². The number of hydrogen-bond acceptors (Lipinski definition) is 9. The molecule has 3 rings (SSSR count). The monoisotopic (exact) mass is 589 g/mol. The zero-order valence-corrected chi connectivity index (χ0v) is 21.6. The van der Waals surface area contributed by atoms with E-state index in [2.05, 4.69) is 0 Å². The average Bonchev–Trinajstić information content (AvgIpc) is 3.57. The van der Waals surface area contributed by atoms with Gasteiger partial charge in [0.2, 0.25) is 11.6 Å². The zero-order valence-electron chi connectivity index (χ0n) is 20.8. The van der Waals surface area contributed by atoms with Crippen molar-refractivity contribution in [1.82, 2.24) is 15.4 Å².